The number of amides is 1. The summed E-state index contributed by atoms with van der Waals surface area (Å²) in [5, 5.41) is 0.829. The summed E-state index contributed by atoms with van der Waals surface area (Å²) in [5.74, 6) is 0.0650. The summed E-state index contributed by atoms with van der Waals surface area (Å²) >= 11 is 1.51. The zero-order valence-electron chi connectivity index (χ0n) is 8.40. The topological polar surface area (TPSA) is 65.2 Å². The number of carbonyl (C=O) groups is 1. The van der Waals surface area contributed by atoms with Crippen LogP contribution in [0.3, 0.4) is 0 Å². The third-order valence-electron chi connectivity index (χ3n) is 2.13. The van der Waals surface area contributed by atoms with Crippen LogP contribution in [0.15, 0.2) is 17.3 Å². The zero-order chi connectivity index (χ0) is 10.8. The number of carbonyl (C=O) groups excluding carboxylic acids is 1. The van der Waals surface area contributed by atoms with E-state index in [0.29, 0.717) is 11.3 Å². The smallest absolute Gasteiger partial charge is 0.254 e. The molecule has 2 rings (SSSR count). The lowest BCUT2D eigenvalue weighted by molar-refractivity contribution is 0.0995. The Morgan fingerprint density at radius 1 is 1.67 bits per heavy atom. The molecule has 0 aliphatic heterocycles. The molecule has 1 aromatic heterocycles. The maximum absolute atomic E-state index is 11.1. The number of hydrogen-bond acceptors (Lipinski definition) is 4. The largest absolute Gasteiger partial charge is 0.489 e. The van der Waals surface area contributed by atoms with Gasteiger partial charge in [0.25, 0.3) is 5.91 Å². The van der Waals surface area contributed by atoms with E-state index in [1.165, 1.54) is 18.0 Å². The summed E-state index contributed by atoms with van der Waals surface area (Å²) in [6.45, 7) is 0. The first kappa shape index (κ1) is 10.3. The van der Waals surface area contributed by atoms with Gasteiger partial charge in [0.15, 0.2) is 0 Å². The van der Waals surface area contributed by atoms with Crippen molar-refractivity contribution in [2.24, 2.45) is 5.73 Å². The third-order valence-corrected chi connectivity index (χ3v) is 2.78. The average molecular weight is 224 g/mol. The Morgan fingerprint density at radius 3 is 2.93 bits per heavy atom. The van der Waals surface area contributed by atoms with Crippen molar-refractivity contribution in [3.8, 4) is 5.75 Å². The number of primary amides is 1. The molecule has 1 saturated carbocycles. The number of aromatic nitrogens is 1. The summed E-state index contributed by atoms with van der Waals surface area (Å²) < 4.78 is 5.61. The number of rotatable bonds is 4. The highest BCUT2D eigenvalue weighted by Gasteiger charge is 2.25. The maximum Gasteiger partial charge on any atom is 0.254 e. The van der Waals surface area contributed by atoms with Crippen LogP contribution < -0.4 is 10.5 Å². The molecule has 0 aromatic carbocycles. The molecule has 1 aliphatic rings. The van der Waals surface area contributed by atoms with Crippen molar-refractivity contribution in [2.45, 2.75) is 24.0 Å². The quantitative estimate of drug-likeness (QED) is 0.786. The zero-order valence-corrected chi connectivity index (χ0v) is 9.21. The molecule has 2 N–H and O–H groups in total. The summed E-state index contributed by atoms with van der Waals surface area (Å²) in [5.41, 5.74) is 5.60. The van der Waals surface area contributed by atoms with Crippen LogP contribution in [0.25, 0.3) is 0 Å². The predicted molar refractivity (Wildman–Crippen MR) is 58.2 cm³/mol. The molecule has 1 fully saturated rings. The van der Waals surface area contributed by atoms with Crippen LogP contribution >= 0.6 is 11.8 Å². The Balaban J connectivity index is 2.30. The highest BCUT2D eigenvalue weighted by molar-refractivity contribution is 7.98. The van der Waals surface area contributed by atoms with Gasteiger partial charge in [0.1, 0.15) is 5.75 Å². The lowest BCUT2D eigenvalue weighted by Gasteiger charge is -2.09. The van der Waals surface area contributed by atoms with Gasteiger partial charge in [-0.05, 0) is 19.1 Å². The lowest BCUT2D eigenvalue weighted by atomic mass is 10.2. The Labute approximate surface area is 92.2 Å². The highest BCUT2D eigenvalue weighted by Crippen LogP contribution is 2.30. The maximum atomic E-state index is 11.1. The van der Waals surface area contributed by atoms with Gasteiger partial charge in [0.05, 0.1) is 16.7 Å². The van der Waals surface area contributed by atoms with Gasteiger partial charge in [-0.3, -0.25) is 4.79 Å². The van der Waals surface area contributed by atoms with Crippen molar-refractivity contribution >= 4 is 17.7 Å². The van der Waals surface area contributed by atoms with Crippen LogP contribution in [0.5, 0.6) is 5.75 Å². The second-order valence-corrected chi connectivity index (χ2v) is 4.23. The van der Waals surface area contributed by atoms with E-state index in [4.69, 9.17) is 10.5 Å². The van der Waals surface area contributed by atoms with Gasteiger partial charge >= 0.3 is 0 Å². The SMILES string of the molecule is CSc1cc(OC2CC2)c(C(N)=O)cn1. The van der Waals surface area contributed by atoms with Crippen molar-refractivity contribution in [3.05, 3.63) is 17.8 Å². The van der Waals surface area contributed by atoms with Gasteiger partial charge in [-0.1, -0.05) is 0 Å². The molecular weight excluding hydrogens is 212 g/mol. The molecule has 0 atom stereocenters. The second-order valence-electron chi connectivity index (χ2n) is 3.40. The minimum absolute atomic E-state index is 0.250. The normalized spacial score (nSPS) is 15.0. The van der Waals surface area contributed by atoms with Crippen molar-refractivity contribution in [2.75, 3.05) is 6.26 Å². The molecule has 0 radical (unpaired) electrons. The van der Waals surface area contributed by atoms with Crippen LogP contribution in [0.1, 0.15) is 23.2 Å². The van der Waals surface area contributed by atoms with E-state index in [0.717, 1.165) is 17.9 Å². The van der Waals surface area contributed by atoms with E-state index in [2.05, 4.69) is 4.98 Å². The Kier molecular flexibility index (Phi) is 2.81. The molecule has 1 heterocycles. The fourth-order valence-corrected chi connectivity index (χ4v) is 1.56. The van der Waals surface area contributed by atoms with Crippen molar-refractivity contribution in [1.29, 1.82) is 0 Å². The van der Waals surface area contributed by atoms with Gasteiger partial charge in [0, 0.05) is 12.3 Å². The molecule has 15 heavy (non-hydrogen) atoms. The van der Waals surface area contributed by atoms with Crippen LogP contribution in [0.4, 0.5) is 0 Å². The summed E-state index contributed by atoms with van der Waals surface area (Å²) in [4.78, 5) is 15.2. The van der Waals surface area contributed by atoms with Gasteiger partial charge in [0.2, 0.25) is 0 Å². The van der Waals surface area contributed by atoms with Gasteiger partial charge in [-0.2, -0.15) is 0 Å². The fourth-order valence-electron chi connectivity index (χ4n) is 1.18. The van der Waals surface area contributed by atoms with E-state index in [9.17, 15) is 4.79 Å². The summed E-state index contributed by atoms with van der Waals surface area (Å²) in [7, 11) is 0. The Morgan fingerprint density at radius 2 is 2.40 bits per heavy atom. The summed E-state index contributed by atoms with van der Waals surface area (Å²) in [6.07, 6.45) is 5.75. The van der Waals surface area contributed by atoms with Crippen molar-refractivity contribution in [1.82, 2.24) is 4.98 Å². The number of pyridine rings is 1. The van der Waals surface area contributed by atoms with E-state index in [1.807, 2.05) is 6.26 Å². The summed E-state index contributed by atoms with van der Waals surface area (Å²) in [6, 6.07) is 1.77. The number of nitrogens with two attached hydrogens (primary N) is 1. The fraction of sp³-hybridized carbons (Fsp3) is 0.400. The standard InChI is InChI=1S/C10H12N2O2S/c1-15-9-4-8(14-6-2-3-6)7(5-12-9)10(11)13/h4-6H,2-3H2,1H3,(H2,11,13). The minimum Gasteiger partial charge on any atom is -0.489 e. The van der Waals surface area contributed by atoms with Crippen molar-refractivity contribution in [3.63, 3.8) is 0 Å². The average Bonchev–Trinajstić information content (AvgIpc) is 3.01. The monoisotopic (exact) mass is 224 g/mol. The van der Waals surface area contributed by atoms with Crippen LogP contribution in [-0.2, 0) is 0 Å². The molecule has 5 heteroatoms. The predicted octanol–water partition coefficient (Wildman–Crippen LogP) is 1.44. The third kappa shape index (κ3) is 2.41. The van der Waals surface area contributed by atoms with Crippen LogP contribution in [0.2, 0.25) is 0 Å². The minimum atomic E-state index is -0.495. The van der Waals surface area contributed by atoms with E-state index >= 15 is 0 Å². The molecule has 0 saturated heterocycles. The van der Waals surface area contributed by atoms with Gasteiger partial charge < -0.3 is 10.5 Å². The van der Waals surface area contributed by atoms with Gasteiger partial charge in [-0.15, -0.1) is 11.8 Å². The molecular formula is C10H12N2O2S. The molecule has 0 bridgehead atoms. The van der Waals surface area contributed by atoms with Gasteiger partial charge in [-0.25, -0.2) is 4.98 Å². The first-order valence-electron chi connectivity index (χ1n) is 4.71. The second kappa shape index (κ2) is 4.10. The Hall–Kier alpha value is -1.23. The number of hydrogen-bond donors (Lipinski definition) is 1. The van der Waals surface area contributed by atoms with E-state index in [-0.39, 0.29) is 6.10 Å². The van der Waals surface area contributed by atoms with Crippen molar-refractivity contribution < 1.29 is 9.53 Å². The number of ether oxygens (including phenoxy) is 1. The van der Waals surface area contributed by atoms with E-state index in [1.54, 1.807) is 6.07 Å². The molecule has 4 nitrogen and oxygen atoms in total. The highest BCUT2D eigenvalue weighted by atomic mass is 32.2. The van der Waals surface area contributed by atoms with Crippen LogP contribution in [-0.4, -0.2) is 23.3 Å². The molecule has 80 valence electrons. The number of thioether (sulfide) groups is 1. The molecule has 1 aromatic rings. The molecule has 1 amide bonds. The van der Waals surface area contributed by atoms with E-state index < -0.39 is 5.91 Å². The van der Waals surface area contributed by atoms with Crippen LogP contribution in [0, 0.1) is 0 Å². The number of nitrogens with zero attached hydrogens (tertiary/aromatic N) is 1. The molecule has 0 spiro atoms. The molecule has 0 unspecified atom stereocenters. The Bertz CT molecular complexity index is 391. The first-order chi connectivity index (χ1) is 7.20. The lowest BCUT2D eigenvalue weighted by Crippen LogP contribution is -2.14. The first-order valence-corrected chi connectivity index (χ1v) is 5.93. The molecule has 1 aliphatic carbocycles.